The Labute approximate surface area is 160 Å². The van der Waals surface area contributed by atoms with E-state index in [0.29, 0.717) is 12.1 Å². The van der Waals surface area contributed by atoms with Crippen LogP contribution in [0.25, 0.3) is 0 Å². The van der Waals surface area contributed by atoms with E-state index < -0.39 is 0 Å². The first-order valence-electron chi connectivity index (χ1n) is 9.72. The lowest BCUT2D eigenvalue weighted by Crippen LogP contribution is -2.34. The molecule has 5 nitrogen and oxygen atoms in total. The second-order valence-electron chi connectivity index (χ2n) is 7.26. The van der Waals surface area contributed by atoms with Gasteiger partial charge in [-0.1, -0.05) is 55.5 Å². The van der Waals surface area contributed by atoms with Crippen LogP contribution in [0.4, 0.5) is 0 Å². The Morgan fingerprint density at radius 2 is 1.70 bits per heavy atom. The van der Waals surface area contributed by atoms with Crippen LogP contribution in [-0.2, 0) is 6.54 Å². The van der Waals surface area contributed by atoms with E-state index in [0.717, 1.165) is 31.2 Å². The van der Waals surface area contributed by atoms with Crippen molar-refractivity contribution < 1.29 is 9.59 Å². The summed E-state index contributed by atoms with van der Waals surface area (Å²) in [5.41, 5.74) is 2.95. The van der Waals surface area contributed by atoms with E-state index in [1.807, 2.05) is 31.2 Å². The first-order chi connectivity index (χ1) is 13.1. The first kappa shape index (κ1) is 19.1. The number of nitrogens with zero attached hydrogens (tertiary/aromatic N) is 1. The molecular formula is C22H27N3O2. The van der Waals surface area contributed by atoms with Gasteiger partial charge in [0.05, 0.1) is 0 Å². The number of rotatable bonds is 5. The summed E-state index contributed by atoms with van der Waals surface area (Å²) in [6, 6.07) is 11.4. The van der Waals surface area contributed by atoms with Gasteiger partial charge in [0.2, 0.25) is 0 Å². The third-order valence-corrected chi connectivity index (χ3v) is 5.02. The number of aryl methyl sites for hydroxylation is 1. The molecule has 0 bridgehead atoms. The fourth-order valence-electron chi connectivity index (χ4n) is 3.37. The van der Waals surface area contributed by atoms with Crippen LogP contribution in [0.5, 0.6) is 0 Å². The van der Waals surface area contributed by atoms with Gasteiger partial charge < -0.3 is 10.6 Å². The lowest BCUT2D eigenvalue weighted by molar-refractivity contribution is 0.0933. The minimum absolute atomic E-state index is 0.128. The van der Waals surface area contributed by atoms with Crippen molar-refractivity contribution in [2.75, 3.05) is 0 Å². The molecule has 2 N–H and O–H groups in total. The standard InChI is InChI=1S/C22H27N3O2/c1-16-8-10-17(11-9-16)15-24-22(27)20-14-18(12-13-23-20)21(26)25-19-6-4-2-3-5-7-19/h8-14,19H,2-7,15H2,1H3,(H,24,27)(H,25,26). The number of aromatic nitrogens is 1. The highest BCUT2D eigenvalue weighted by molar-refractivity contribution is 5.98. The molecule has 1 aliphatic carbocycles. The zero-order chi connectivity index (χ0) is 19.1. The van der Waals surface area contributed by atoms with Crippen molar-refractivity contribution in [1.29, 1.82) is 0 Å². The monoisotopic (exact) mass is 365 g/mol. The van der Waals surface area contributed by atoms with Crippen molar-refractivity contribution in [1.82, 2.24) is 15.6 Å². The van der Waals surface area contributed by atoms with E-state index in [-0.39, 0.29) is 23.6 Å². The summed E-state index contributed by atoms with van der Waals surface area (Å²) in [5, 5.41) is 5.96. The summed E-state index contributed by atoms with van der Waals surface area (Å²) in [5.74, 6) is -0.406. The fraction of sp³-hybridized carbons (Fsp3) is 0.409. The number of benzene rings is 1. The average Bonchev–Trinajstić information content (AvgIpc) is 2.96. The van der Waals surface area contributed by atoms with Gasteiger partial charge in [0.15, 0.2) is 0 Å². The maximum Gasteiger partial charge on any atom is 0.270 e. The van der Waals surface area contributed by atoms with Crippen molar-refractivity contribution in [3.8, 4) is 0 Å². The topological polar surface area (TPSA) is 71.1 Å². The predicted molar refractivity (Wildman–Crippen MR) is 106 cm³/mol. The molecule has 0 saturated heterocycles. The number of hydrogen-bond donors (Lipinski definition) is 2. The molecule has 1 fully saturated rings. The van der Waals surface area contributed by atoms with Gasteiger partial charge in [0, 0.05) is 24.3 Å². The van der Waals surface area contributed by atoms with Gasteiger partial charge in [-0.3, -0.25) is 14.6 Å². The van der Waals surface area contributed by atoms with Gasteiger partial charge in [-0.15, -0.1) is 0 Å². The third kappa shape index (κ3) is 5.64. The molecule has 142 valence electrons. The van der Waals surface area contributed by atoms with Gasteiger partial charge in [-0.2, -0.15) is 0 Å². The predicted octanol–water partition coefficient (Wildman–Crippen LogP) is 3.77. The molecule has 2 amide bonds. The molecule has 1 aromatic heterocycles. The first-order valence-corrected chi connectivity index (χ1v) is 9.72. The zero-order valence-electron chi connectivity index (χ0n) is 15.8. The summed E-state index contributed by atoms with van der Waals surface area (Å²) in [7, 11) is 0. The van der Waals surface area contributed by atoms with Crippen molar-refractivity contribution in [2.24, 2.45) is 0 Å². The summed E-state index contributed by atoms with van der Waals surface area (Å²) in [6.45, 7) is 2.46. The molecule has 0 radical (unpaired) electrons. The Bertz CT molecular complexity index is 778. The van der Waals surface area contributed by atoms with Crippen molar-refractivity contribution in [3.05, 3.63) is 65.0 Å². The fourth-order valence-corrected chi connectivity index (χ4v) is 3.37. The van der Waals surface area contributed by atoms with Crippen LogP contribution in [0.1, 0.15) is 70.5 Å². The van der Waals surface area contributed by atoms with Crippen LogP contribution in [0.2, 0.25) is 0 Å². The SMILES string of the molecule is Cc1ccc(CNC(=O)c2cc(C(=O)NC3CCCCCC3)ccn2)cc1. The number of carbonyl (C=O) groups is 2. The molecule has 2 aromatic rings. The van der Waals surface area contributed by atoms with Crippen molar-refractivity contribution >= 4 is 11.8 Å². The van der Waals surface area contributed by atoms with Gasteiger partial charge in [0.1, 0.15) is 5.69 Å². The van der Waals surface area contributed by atoms with Gasteiger partial charge >= 0.3 is 0 Å². The highest BCUT2D eigenvalue weighted by Crippen LogP contribution is 2.17. The number of amides is 2. The van der Waals surface area contributed by atoms with Crippen LogP contribution in [-0.4, -0.2) is 22.8 Å². The summed E-state index contributed by atoms with van der Waals surface area (Å²) >= 11 is 0. The smallest absolute Gasteiger partial charge is 0.270 e. The molecule has 0 spiro atoms. The normalized spacial score (nSPS) is 15.0. The van der Waals surface area contributed by atoms with E-state index in [1.54, 1.807) is 12.1 Å². The molecule has 1 aliphatic rings. The van der Waals surface area contributed by atoms with Gasteiger partial charge in [0.25, 0.3) is 11.8 Å². The minimum atomic E-state index is -0.278. The van der Waals surface area contributed by atoms with Crippen molar-refractivity contribution in [3.63, 3.8) is 0 Å². The summed E-state index contributed by atoms with van der Waals surface area (Å²) in [4.78, 5) is 29.0. The van der Waals surface area contributed by atoms with Gasteiger partial charge in [-0.25, -0.2) is 0 Å². The lowest BCUT2D eigenvalue weighted by atomic mass is 10.1. The van der Waals surface area contributed by atoms with E-state index in [2.05, 4.69) is 15.6 Å². The van der Waals surface area contributed by atoms with Crippen LogP contribution in [0, 0.1) is 6.92 Å². The maximum absolute atomic E-state index is 12.5. The number of pyridine rings is 1. The molecule has 1 saturated carbocycles. The highest BCUT2D eigenvalue weighted by Gasteiger charge is 2.17. The summed E-state index contributed by atoms with van der Waals surface area (Å²) < 4.78 is 0. The third-order valence-electron chi connectivity index (χ3n) is 5.02. The number of hydrogen-bond acceptors (Lipinski definition) is 3. The largest absolute Gasteiger partial charge is 0.349 e. The van der Waals surface area contributed by atoms with Gasteiger partial charge in [-0.05, 0) is 37.5 Å². The zero-order valence-corrected chi connectivity index (χ0v) is 15.8. The lowest BCUT2D eigenvalue weighted by Gasteiger charge is -2.16. The Kier molecular flexibility index (Phi) is 6.58. The summed E-state index contributed by atoms with van der Waals surface area (Å²) in [6.07, 6.45) is 8.38. The van der Waals surface area contributed by atoms with E-state index in [1.165, 1.54) is 24.6 Å². The molecular weight excluding hydrogens is 338 g/mol. The molecule has 1 heterocycles. The van der Waals surface area contributed by atoms with E-state index in [4.69, 9.17) is 0 Å². The van der Waals surface area contributed by atoms with Crippen LogP contribution in [0.3, 0.4) is 0 Å². The maximum atomic E-state index is 12.5. The Balaban J connectivity index is 1.59. The Morgan fingerprint density at radius 3 is 2.41 bits per heavy atom. The number of carbonyl (C=O) groups excluding carboxylic acids is 2. The molecule has 0 atom stereocenters. The average molecular weight is 365 g/mol. The quantitative estimate of drug-likeness (QED) is 0.792. The van der Waals surface area contributed by atoms with Crippen LogP contribution >= 0.6 is 0 Å². The molecule has 3 rings (SSSR count). The second-order valence-corrected chi connectivity index (χ2v) is 7.26. The second kappa shape index (κ2) is 9.31. The van der Waals surface area contributed by atoms with Crippen molar-refractivity contribution in [2.45, 2.75) is 58.0 Å². The molecule has 5 heteroatoms. The number of nitrogens with one attached hydrogen (secondary N) is 2. The van der Waals surface area contributed by atoms with E-state index >= 15 is 0 Å². The molecule has 1 aromatic carbocycles. The molecule has 0 unspecified atom stereocenters. The Morgan fingerprint density at radius 1 is 1.00 bits per heavy atom. The molecule has 27 heavy (non-hydrogen) atoms. The van der Waals surface area contributed by atoms with E-state index in [9.17, 15) is 9.59 Å². The minimum Gasteiger partial charge on any atom is -0.349 e. The van der Waals surface area contributed by atoms with Crippen LogP contribution in [0.15, 0.2) is 42.6 Å². The highest BCUT2D eigenvalue weighted by atomic mass is 16.2. The Hall–Kier alpha value is -2.69. The van der Waals surface area contributed by atoms with Crippen LogP contribution < -0.4 is 10.6 Å². The molecule has 0 aliphatic heterocycles.